The molecule has 0 heterocycles. The van der Waals surface area contributed by atoms with Crippen LogP contribution in [0.25, 0.3) is 0 Å². The van der Waals surface area contributed by atoms with Gasteiger partial charge < -0.3 is 14.9 Å². The van der Waals surface area contributed by atoms with Crippen molar-refractivity contribution in [1.29, 1.82) is 0 Å². The molecule has 1 unspecified atom stereocenters. The van der Waals surface area contributed by atoms with Crippen LogP contribution in [0.4, 0.5) is 0 Å². The number of ether oxygens (including phenoxy) is 1. The van der Waals surface area contributed by atoms with Crippen LogP contribution in [0.15, 0.2) is 0 Å². The molecule has 0 bridgehead atoms. The number of carboxylic acids is 1. The number of unbranched alkanes of at least 4 members (excludes halogenated alkanes) is 1. The summed E-state index contributed by atoms with van der Waals surface area (Å²) in [6.07, 6.45) is 1.44. The minimum Gasteiger partial charge on any atom is -0.481 e. The fourth-order valence-electron chi connectivity index (χ4n) is 1.18. The molecule has 0 aliphatic carbocycles. The summed E-state index contributed by atoms with van der Waals surface area (Å²) < 4.78 is 4.48. The molecule has 82 valence electrons. The second-order valence-electron chi connectivity index (χ2n) is 3.04. The summed E-state index contributed by atoms with van der Waals surface area (Å²) in [5.74, 6) is -2.10. The Balaban J connectivity index is 3.97. The van der Waals surface area contributed by atoms with E-state index in [1.165, 1.54) is 7.11 Å². The molecular weight excluding hydrogens is 188 g/mol. The van der Waals surface area contributed by atoms with Gasteiger partial charge in [-0.3, -0.25) is 9.59 Å². The standard InChI is InChI=1S/C9H16O5/c1-14-9(13)7(6-8(11)12)4-2-3-5-10/h7,10H,2-6H2,1H3,(H,11,12). The Labute approximate surface area is 82.7 Å². The molecule has 0 saturated heterocycles. The highest BCUT2D eigenvalue weighted by atomic mass is 16.5. The highest BCUT2D eigenvalue weighted by molar-refractivity contribution is 5.78. The van der Waals surface area contributed by atoms with Crippen LogP contribution in [0.1, 0.15) is 25.7 Å². The topological polar surface area (TPSA) is 83.8 Å². The zero-order chi connectivity index (χ0) is 11.0. The largest absolute Gasteiger partial charge is 0.481 e. The summed E-state index contributed by atoms with van der Waals surface area (Å²) in [4.78, 5) is 21.5. The second kappa shape index (κ2) is 7.32. The number of methoxy groups -OCH3 is 1. The van der Waals surface area contributed by atoms with E-state index >= 15 is 0 Å². The molecule has 2 N–H and O–H groups in total. The number of aliphatic hydroxyl groups excluding tert-OH is 1. The van der Waals surface area contributed by atoms with Gasteiger partial charge in [0.2, 0.25) is 0 Å². The number of carbonyl (C=O) groups excluding carboxylic acids is 1. The van der Waals surface area contributed by atoms with Crippen molar-refractivity contribution < 1.29 is 24.5 Å². The first-order chi connectivity index (χ1) is 6.61. The SMILES string of the molecule is COC(=O)C(CCCCO)CC(=O)O. The molecule has 5 nitrogen and oxygen atoms in total. The molecule has 0 rings (SSSR count). The van der Waals surface area contributed by atoms with Gasteiger partial charge in [0.25, 0.3) is 0 Å². The van der Waals surface area contributed by atoms with Crippen LogP contribution in [0.3, 0.4) is 0 Å². The highest BCUT2D eigenvalue weighted by Gasteiger charge is 2.21. The Morgan fingerprint density at radius 2 is 2.00 bits per heavy atom. The molecule has 0 fully saturated rings. The molecule has 0 spiro atoms. The van der Waals surface area contributed by atoms with E-state index in [0.717, 1.165) is 0 Å². The van der Waals surface area contributed by atoms with Crippen LogP contribution in [0.5, 0.6) is 0 Å². The third-order valence-corrected chi connectivity index (χ3v) is 1.92. The number of carboxylic acid groups (broad SMARTS) is 1. The zero-order valence-corrected chi connectivity index (χ0v) is 8.23. The molecule has 0 aromatic heterocycles. The van der Waals surface area contributed by atoms with Gasteiger partial charge in [-0.25, -0.2) is 0 Å². The van der Waals surface area contributed by atoms with E-state index in [1.807, 2.05) is 0 Å². The summed E-state index contributed by atoms with van der Waals surface area (Å²) in [6, 6.07) is 0. The molecule has 0 aliphatic rings. The van der Waals surface area contributed by atoms with E-state index in [4.69, 9.17) is 10.2 Å². The normalized spacial score (nSPS) is 12.1. The summed E-state index contributed by atoms with van der Waals surface area (Å²) in [7, 11) is 1.24. The minimum absolute atomic E-state index is 0.0565. The fourth-order valence-corrected chi connectivity index (χ4v) is 1.18. The van der Waals surface area contributed by atoms with Gasteiger partial charge in [0.15, 0.2) is 0 Å². The number of rotatable bonds is 7. The van der Waals surface area contributed by atoms with E-state index in [0.29, 0.717) is 19.3 Å². The number of carbonyl (C=O) groups is 2. The Morgan fingerprint density at radius 3 is 2.43 bits per heavy atom. The molecule has 0 radical (unpaired) electrons. The van der Waals surface area contributed by atoms with Crippen molar-refractivity contribution in [3.05, 3.63) is 0 Å². The van der Waals surface area contributed by atoms with Crippen LogP contribution < -0.4 is 0 Å². The van der Waals surface area contributed by atoms with Gasteiger partial charge in [-0.1, -0.05) is 6.42 Å². The molecular formula is C9H16O5. The fraction of sp³-hybridized carbons (Fsp3) is 0.778. The van der Waals surface area contributed by atoms with Crippen molar-refractivity contribution in [2.75, 3.05) is 13.7 Å². The van der Waals surface area contributed by atoms with E-state index in [-0.39, 0.29) is 13.0 Å². The molecule has 0 aromatic rings. The van der Waals surface area contributed by atoms with Gasteiger partial charge >= 0.3 is 11.9 Å². The van der Waals surface area contributed by atoms with E-state index < -0.39 is 17.9 Å². The van der Waals surface area contributed by atoms with Gasteiger partial charge in [0, 0.05) is 6.61 Å². The van der Waals surface area contributed by atoms with E-state index in [9.17, 15) is 9.59 Å². The van der Waals surface area contributed by atoms with Crippen molar-refractivity contribution >= 4 is 11.9 Å². The number of aliphatic hydroxyl groups is 1. The first-order valence-electron chi connectivity index (χ1n) is 4.52. The number of aliphatic carboxylic acids is 1. The lowest BCUT2D eigenvalue weighted by Gasteiger charge is -2.11. The molecule has 14 heavy (non-hydrogen) atoms. The van der Waals surface area contributed by atoms with Crippen molar-refractivity contribution in [3.8, 4) is 0 Å². The second-order valence-corrected chi connectivity index (χ2v) is 3.04. The maximum atomic E-state index is 11.1. The Bertz CT molecular complexity index is 190. The minimum atomic E-state index is -1.01. The molecule has 5 heteroatoms. The molecule has 0 amide bonds. The smallest absolute Gasteiger partial charge is 0.309 e. The monoisotopic (exact) mass is 204 g/mol. The number of hydrogen-bond donors (Lipinski definition) is 2. The van der Waals surface area contributed by atoms with Crippen molar-refractivity contribution in [2.45, 2.75) is 25.7 Å². The van der Waals surface area contributed by atoms with Crippen LogP contribution in [-0.4, -0.2) is 35.9 Å². The lowest BCUT2D eigenvalue weighted by Crippen LogP contribution is -2.19. The van der Waals surface area contributed by atoms with Crippen molar-refractivity contribution in [2.24, 2.45) is 5.92 Å². The highest BCUT2D eigenvalue weighted by Crippen LogP contribution is 2.14. The summed E-state index contributed by atoms with van der Waals surface area (Å²) in [5.41, 5.74) is 0. The third-order valence-electron chi connectivity index (χ3n) is 1.92. The maximum Gasteiger partial charge on any atom is 0.309 e. The summed E-state index contributed by atoms with van der Waals surface area (Å²) in [5, 5.41) is 17.1. The summed E-state index contributed by atoms with van der Waals surface area (Å²) in [6.45, 7) is 0.0565. The first kappa shape index (κ1) is 12.9. The molecule has 0 aliphatic heterocycles. The lowest BCUT2D eigenvalue weighted by molar-refractivity contribution is -0.151. The Hall–Kier alpha value is -1.10. The van der Waals surface area contributed by atoms with Crippen molar-refractivity contribution in [1.82, 2.24) is 0 Å². The number of esters is 1. The van der Waals surface area contributed by atoms with Crippen LogP contribution >= 0.6 is 0 Å². The van der Waals surface area contributed by atoms with Gasteiger partial charge in [0.1, 0.15) is 0 Å². The van der Waals surface area contributed by atoms with E-state index in [1.54, 1.807) is 0 Å². The molecule has 1 atom stereocenters. The van der Waals surface area contributed by atoms with Gasteiger partial charge in [-0.15, -0.1) is 0 Å². The van der Waals surface area contributed by atoms with Crippen LogP contribution in [-0.2, 0) is 14.3 Å². The number of hydrogen-bond acceptors (Lipinski definition) is 4. The van der Waals surface area contributed by atoms with Gasteiger partial charge in [-0.05, 0) is 12.8 Å². The third kappa shape index (κ3) is 5.53. The van der Waals surface area contributed by atoms with Crippen LogP contribution in [0.2, 0.25) is 0 Å². The predicted octanol–water partition coefficient (Wildman–Crippen LogP) is 0.413. The Kier molecular flexibility index (Phi) is 6.74. The molecule has 0 saturated carbocycles. The zero-order valence-electron chi connectivity index (χ0n) is 8.23. The Morgan fingerprint density at radius 1 is 1.36 bits per heavy atom. The first-order valence-corrected chi connectivity index (χ1v) is 4.52. The quantitative estimate of drug-likeness (QED) is 0.463. The average Bonchev–Trinajstić information content (AvgIpc) is 2.15. The van der Waals surface area contributed by atoms with E-state index in [2.05, 4.69) is 4.74 Å². The van der Waals surface area contributed by atoms with Gasteiger partial charge in [-0.2, -0.15) is 0 Å². The molecule has 0 aromatic carbocycles. The maximum absolute atomic E-state index is 11.1. The van der Waals surface area contributed by atoms with Crippen LogP contribution in [0, 0.1) is 5.92 Å². The average molecular weight is 204 g/mol. The summed E-state index contributed by atoms with van der Waals surface area (Å²) >= 11 is 0. The van der Waals surface area contributed by atoms with Gasteiger partial charge in [0.05, 0.1) is 19.4 Å². The van der Waals surface area contributed by atoms with Crippen molar-refractivity contribution in [3.63, 3.8) is 0 Å². The predicted molar refractivity (Wildman–Crippen MR) is 48.7 cm³/mol. The lowest BCUT2D eigenvalue weighted by atomic mass is 9.99.